The molecule has 0 aliphatic carbocycles. The van der Waals surface area contributed by atoms with Crippen LogP contribution in [-0.2, 0) is 18.3 Å². The van der Waals surface area contributed by atoms with Gasteiger partial charge in [-0.15, -0.1) is 0 Å². The van der Waals surface area contributed by atoms with Crippen LogP contribution in [0.2, 0.25) is 0 Å². The van der Waals surface area contributed by atoms with E-state index in [0.29, 0.717) is 11.1 Å². The monoisotopic (exact) mass is 419 g/mol. The third-order valence-electron chi connectivity index (χ3n) is 6.00. The Hall–Kier alpha value is -3.19. The highest BCUT2D eigenvalue weighted by molar-refractivity contribution is 5.95. The molecule has 0 bridgehead atoms. The van der Waals surface area contributed by atoms with Gasteiger partial charge in [0.15, 0.2) is 0 Å². The number of nitrogens with zero attached hydrogens (tertiary/aromatic N) is 4. The molecule has 0 radical (unpaired) electrons. The van der Waals surface area contributed by atoms with Crippen LogP contribution < -0.4 is 15.8 Å². The SMILES string of the molecule is CCN1CCN(c2ccc(NC(=O)Cc3nn(C)c(=O)c4ccccc34)cc2C)CC1. The number of rotatable bonds is 5. The minimum atomic E-state index is -0.161. The lowest BCUT2D eigenvalue weighted by Gasteiger charge is -2.36. The zero-order chi connectivity index (χ0) is 22.0. The number of carbonyl (C=O) groups is 1. The lowest BCUT2D eigenvalue weighted by molar-refractivity contribution is -0.115. The molecule has 0 spiro atoms. The maximum atomic E-state index is 12.7. The van der Waals surface area contributed by atoms with Crippen LogP contribution in [0.5, 0.6) is 0 Å². The number of aryl methyl sites for hydroxylation is 2. The van der Waals surface area contributed by atoms with Crippen LogP contribution in [0.25, 0.3) is 10.8 Å². The fourth-order valence-electron chi connectivity index (χ4n) is 4.26. The highest BCUT2D eigenvalue weighted by atomic mass is 16.1. The van der Waals surface area contributed by atoms with Crippen LogP contribution in [0.4, 0.5) is 11.4 Å². The molecule has 1 amide bonds. The summed E-state index contributed by atoms with van der Waals surface area (Å²) >= 11 is 0. The third-order valence-corrected chi connectivity index (χ3v) is 6.00. The van der Waals surface area contributed by atoms with E-state index in [4.69, 9.17) is 0 Å². The smallest absolute Gasteiger partial charge is 0.274 e. The Morgan fingerprint density at radius 1 is 1.06 bits per heavy atom. The van der Waals surface area contributed by atoms with Crippen LogP contribution in [0.3, 0.4) is 0 Å². The minimum absolute atomic E-state index is 0.106. The van der Waals surface area contributed by atoms with Crippen LogP contribution in [0, 0.1) is 6.92 Å². The number of carbonyl (C=O) groups excluding carboxylic acids is 1. The molecule has 2 aromatic carbocycles. The second-order valence-corrected chi connectivity index (χ2v) is 8.07. The average Bonchev–Trinajstić information content (AvgIpc) is 2.77. The lowest BCUT2D eigenvalue weighted by atomic mass is 10.1. The van der Waals surface area contributed by atoms with E-state index in [9.17, 15) is 9.59 Å². The van der Waals surface area contributed by atoms with E-state index in [0.717, 1.165) is 49.4 Å². The van der Waals surface area contributed by atoms with E-state index in [-0.39, 0.29) is 17.9 Å². The number of likely N-dealkylation sites (N-methyl/N-ethyl adjacent to an activating group) is 1. The minimum Gasteiger partial charge on any atom is -0.369 e. The van der Waals surface area contributed by atoms with Gasteiger partial charge in [-0.05, 0) is 43.3 Å². The van der Waals surface area contributed by atoms with E-state index < -0.39 is 0 Å². The predicted molar refractivity (Wildman–Crippen MR) is 125 cm³/mol. The van der Waals surface area contributed by atoms with Crippen molar-refractivity contribution < 1.29 is 4.79 Å². The van der Waals surface area contributed by atoms with Crippen LogP contribution in [0.1, 0.15) is 18.2 Å². The molecule has 1 fully saturated rings. The highest BCUT2D eigenvalue weighted by Crippen LogP contribution is 2.25. The van der Waals surface area contributed by atoms with E-state index in [1.54, 1.807) is 13.1 Å². The summed E-state index contributed by atoms with van der Waals surface area (Å²) in [5.74, 6) is -0.153. The summed E-state index contributed by atoms with van der Waals surface area (Å²) in [4.78, 5) is 29.9. The van der Waals surface area contributed by atoms with Crippen molar-refractivity contribution in [2.24, 2.45) is 7.05 Å². The number of piperazine rings is 1. The molecule has 7 nitrogen and oxygen atoms in total. The number of amides is 1. The largest absolute Gasteiger partial charge is 0.369 e. The van der Waals surface area contributed by atoms with Crippen molar-refractivity contribution in [3.05, 3.63) is 64.1 Å². The number of anilines is 2. The third kappa shape index (κ3) is 4.46. The number of aromatic nitrogens is 2. The molecule has 1 aromatic heterocycles. The first kappa shape index (κ1) is 21.1. The highest BCUT2D eigenvalue weighted by Gasteiger charge is 2.18. The summed E-state index contributed by atoms with van der Waals surface area (Å²) in [5, 5.41) is 8.60. The fourth-order valence-corrected chi connectivity index (χ4v) is 4.26. The molecule has 1 N–H and O–H groups in total. The first-order valence-corrected chi connectivity index (χ1v) is 10.8. The van der Waals surface area contributed by atoms with Gasteiger partial charge in [0.1, 0.15) is 0 Å². The van der Waals surface area contributed by atoms with E-state index in [2.05, 4.69) is 40.1 Å². The average molecular weight is 420 g/mol. The summed E-state index contributed by atoms with van der Waals surface area (Å²) in [5.41, 5.74) is 3.57. The molecule has 0 unspecified atom stereocenters. The molecule has 162 valence electrons. The molecular weight excluding hydrogens is 390 g/mol. The summed E-state index contributed by atoms with van der Waals surface area (Å²) in [6.45, 7) is 9.57. The van der Waals surface area contributed by atoms with Crippen molar-refractivity contribution in [1.82, 2.24) is 14.7 Å². The maximum Gasteiger partial charge on any atom is 0.274 e. The molecule has 1 aliphatic rings. The number of nitrogens with one attached hydrogen (secondary N) is 1. The van der Waals surface area contributed by atoms with E-state index in [1.165, 1.54) is 10.4 Å². The second kappa shape index (κ2) is 8.89. The Labute approximate surface area is 182 Å². The Morgan fingerprint density at radius 3 is 2.45 bits per heavy atom. The van der Waals surface area contributed by atoms with Gasteiger partial charge in [-0.1, -0.05) is 25.1 Å². The van der Waals surface area contributed by atoms with Gasteiger partial charge in [0.05, 0.1) is 17.5 Å². The van der Waals surface area contributed by atoms with Crippen molar-refractivity contribution in [1.29, 1.82) is 0 Å². The standard InChI is InChI=1S/C24H29N5O2/c1-4-28-11-13-29(14-12-28)22-10-9-18(15-17(22)2)25-23(30)16-21-19-7-5-6-8-20(19)24(31)27(3)26-21/h5-10,15H,4,11-14,16H2,1-3H3,(H,25,30). The van der Waals surface area contributed by atoms with Gasteiger partial charge >= 0.3 is 0 Å². The first-order chi connectivity index (χ1) is 15.0. The van der Waals surface area contributed by atoms with Gasteiger partial charge in [0, 0.05) is 50.0 Å². The van der Waals surface area contributed by atoms with Crippen molar-refractivity contribution in [3.63, 3.8) is 0 Å². The molecular formula is C24H29N5O2. The Kier molecular flexibility index (Phi) is 6.04. The zero-order valence-electron chi connectivity index (χ0n) is 18.4. The molecule has 4 rings (SSSR count). The Balaban J connectivity index is 1.47. The predicted octanol–water partition coefficient (Wildman–Crippen LogP) is 2.57. The summed E-state index contributed by atoms with van der Waals surface area (Å²) in [7, 11) is 1.61. The van der Waals surface area contributed by atoms with Crippen molar-refractivity contribution >= 4 is 28.1 Å². The number of hydrogen-bond acceptors (Lipinski definition) is 5. The molecule has 31 heavy (non-hydrogen) atoms. The quantitative estimate of drug-likeness (QED) is 0.688. The van der Waals surface area contributed by atoms with E-state index in [1.807, 2.05) is 30.3 Å². The van der Waals surface area contributed by atoms with Crippen molar-refractivity contribution in [2.45, 2.75) is 20.3 Å². The van der Waals surface area contributed by atoms with Gasteiger partial charge in [-0.2, -0.15) is 5.10 Å². The van der Waals surface area contributed by atoms with Gasteiger partial charge in [-0.3, -0.25) is 9.59 Å². The number of fused-ring (bicyclic) bond motifs is 1. The summed E-state index contributed by atoms with van der Waals surface area (Å²) < 4.78 is 1.29. The van der Waals surface area contributed by atoms with Crippen molar-refractivity contribution in [3.8, 4) is 0 Å². The second-order valence-electron chi connectivity index (χ2n) is 8.07. The molecule has 7 heteroatoms. The fraction of sp³-hybridized carbons (Fsp3) is 0.375. The lowest BCUT2D eigenvalue weighted by Crippen LogP contribution is -2.46. The van der Waals surface area contributed by atoms with Gasteiger partial charge in [-0.25, -0.2) is 4.68 Å². The summed E-state index contributed by atoms with van der Waals surface area (Å²) in [6, 6.07) is 13.3. The van der Waals surface area contributed by atoms with Crippen molar-refractivity contribution in [2.75, 3.05) is 42.9 Å². The molecule has 2 heterocycles. The Morgan fingerprint density at radius 2 is 1.77 bits per heavy atom. The molecule has 1 saturated heterocycles. The van der Waals surface area contributed by atoms with Gasteiger partial charge < -0.3 is 15.1 Å². The Bertz CT molecular complexity index is 1160. The summed E-state index contributed by atoms with van der Waals surface area (Å²) in [6.07, 6.45) is 0.106. The van der Waals surface area contributed by atoms with Crippen LogP contribution >= 0.6 is 0 Å². The molecule has 3 aromatic rings. The molecule has 0 saturated carbocycles. The first-order valence-electron chi connectivity index (χ1n) is 10.8. The molecule has 1 aliphatic heterocycles. The van der Waals surface area contributed by atoms with Crippen LogP contribution in [-0.4, -0.2) is 53.3 Å². The zero-order valence-corrected chi connectivity index (χ0v) is 18.4. The van der Waals surface area contributed by atoms with Gasteiger partial charge in [0.25, 0.3) is 5.56 Å². The molecule has 0 atom stereocenters. The maximum absolute atomic E-state index is 12.7. The van der Waals surface area contributed by atoms with E-state index >= 15 is 0 Å². The topological polar surface area (TPSA) is 70.5 Å². The number of benzene rings is 2. The van der Waals surface area contributed by atoms with Crippen LogP contribution in [0.15, 0.2) is 47.3 Å². The number of hydrogen-bond donors (Lipinski definition) is 1. The van der Waals surface area contributed by atoms with Gasteiger partial charge in [0.2, 0.25) is 5.91 Å². The normalized spacial score (nSPS) is 14.7.